The monoisotopic (exact) mass is 294 g/mol. The molecule has 0 bridgehead atoms. The molecule has 0 unspecified atom stereocenters. The van der Waals surface area contributed by atoms with Gasteiger partial charge in [-0.15, -0.1) is 0 Å². The number of ether oxygens (including phenoxy) is 1. The largest absolute Gasteiger partial charge is 0.548 e. The second kappa shape index (κ2) is 6.43. The van der Waals surface area contributed by atoms with Gasteiger partial charge in [0, 0.05) is 0 Å². The first-order chi connectivity index (χ1) is 8.68. The Labute approximate surface area is 119 Å². The molecule has 1 aromatic rings. The molecule has 4 heteroatoms. The Bertz CT molecular complexity index is 414. The van der Waals surface area contributed by atoms with Crippen molar-refractivity contribution in [2.45, 2.75) is 45.9 Å². The van der Waals surface area contributed by atoms with E-state index in [0.29, 0.717) is 6.61 Å². The van der Waals surface area contributed by atoms with Crippen LogP contribution in [0.3, 0.4) is 0 Å². The first-order valence-electron chi connectivity index (χ1n) is 6.74. The highest BCUT2D eigenvalue weighted by molar-refractivity contribution is 6.84. The van der Waals surface area contributed by atoms with Gasteiger partial charge < -0.3 is 9.16 Å². The Morgan fingerprint density at radius 3 is 2.05 bits per heavy atom. The van der Waals surface area contributed by atoms with Crippen molar-refractivity contribution in [3.05, 3.63) is 47.5 Å². The molecule has 0 saturated heterocycles. The van der Waals surface area contributed by atoms with Gasteiger partial charge in [-0.05, 0) is 25.2 Å². The van der Waals surface area contributed by atoms with E-state index in [0.717, 1.165) is 5.38 Å². The van der Waals surface area contributed by atoms with Crippen molar-refractivity contribution in [1.29, 1.82) is 0 Å². The lowest BCUT2D eigenvalue weighted by molar-refractivity contribution is 0.223. The summed E-state index contributed by atoms with van der Waals surface area (Å²) in [4.78, 5) is 0. The Kier molecular flexibility index (Phi) is 5.43. The minimum absolute atomic E-state index is 0.601. The normalized spacial score (nSPS) is 13.3. The van der Waals surface area contributed by atoms with E-state index in [-0.39, 0.29) is 0 Å². The summed E-state index contributed by atoms with van der Waals surface area (Å²) in [5.74, 6) is 0. The smallest absolute Gasteiger partial charge is 0.241 e. The van der Waals surface area contributed by atoms with E-state index < -0.39 is 16.4 Å². The first kappa shape index (κ1) is 16.0. The fraction of sp³-hybridized carbons (Fsp3) is 0.467. The van der Waals surface area contributed by atoms with Gasteiger partial charge in [0.1, 0.15) is 20.9 Å². The molecule has 106 valence electrons. The number of benzene rings is 1. The van der Waals surface area contributed by atoms with Crippen LogP contribution < -0.4 is 0 Å². The average molecular weight is 295 g/mol. The maximum Gasteiger partial charge on any atom is 0.241 e. The molecular weight excluding hydrogens is 268 g/mol. The lowest BCUT2D eigenvalue weighted by Crippen LogP contribution is -2.35. The third-order valence-electron chi connectivity index (χ3n) is 2.44. The van der Waals surface area contributed by atoms with Crippen LogP contribution in [-0.2, 0) is 15.8 Å². The molecule has 2 nitrogen and oxygen atoms in total. The van der Waals surface area contributed by atoms with Crippen LogP contribution in [0.1, 0.15) is 5.56 Å². The minimum atomic E-state index is -1.57. The molecule has 0 radical (unpaired) electrons. The topological polar surface area (TPSA) is 18.5 Å². The number of hydrogen-bond donors (Lipinski definition) is 0. The van der Waals surface area contributed by atoms with E-state index in [4.69, 9.17) is 9.16 Å². The zero-order valence-corrected chi connectivity index (χ0v) is 15.0. The highest BCUT2D eigenvalue weighted by Crippen LogP contribution is 2.21. The predicted octanol–water partition coefficient (Wildman–Crippen LogP) is 4.77. The van der Waals surface area contributed by atoms with Crippen LogP contribution in [0.2, 0.25) is 39.3 Å². The van der Waals surface area contributed by atoms with Gasteiger partial charge in [-0.2, -0.15) is 0 Å². The van der Waals surface area contributed by atoms with Gasteiger partial charge in [0.05, 0.1) is 5.38 Å². The standard InChI is InChI=1S/C15H26O2Si2/c1-18(2,3)15(17-19(4,5)6)13-16-12-14-10-8-7-9-11-14/h7-11,13H,12H2,1-6H3/b15-13+. The summed E-state index contributed by atoms with van der Waals surface area (Å²) in [6.45, 7) is 14.1. The lowest BCUT2D eigenvalue weighted by Gasteiger charge is -2.28. The van der Waals surface area contributed by atoms with Gasteiger partial charge in [-0.3, -0.25) is 0 Å². The summed E-state index contributed by atoms with van der Waals surface area (Å²) >= 11 is 0. The second-order valence-electron chi connectivity index (χ2n) is 6.74. The van der Waals surface area contributed by atoms with E-state index in [9.17, 15) is 0 Å². The molecule has 19 heavy (non-hydrogen) atoms. The van der Waals surface area contributed by atoms with E-state index in [1.807, 2.05) is 24.5 Å². The highest BCUT2D eigenvalue weighted by Gasteiger charge is 2.27. The van der Waals surface area contributed by atoms with Crippen LogP contribution in [-0.4, -0.2) is 16.4 Å². The van der Waals surface area contributed by atoms with Crippen LogP contribution in [0.15, 0.2) is 42.0 Å². The van der Waals surface area contributed by atoms with Gasteiger partial charge in [-0.1, -0.05) is 50.0 Å². The molecule has 0 spiro atoms. The SMILES string of the molecule is C[Si](C)(C)O/C(=C\OCc1ccccc1)[Si](C)(C)C. The molecule has 0 aliphatic heterocycles. The molecule has 0 aromatic heterocycles. The zero-order valence-electron chi connectivity index (χ0n) is 13.0. The van der Waals surface area contributed by atoms with E-state index >= 15 is 0 Å². The van der Waals surface area contributed by atoms with Crippen LogP contribution in [0.25, 0.3) is 0 Å². The maximum absolute atomic E-state index is 6.18. The van der Waals surface area contributed by atoms with E-state index in [1.165, 1.54) is 5.56 Å². The van der Waals surface area contributed by atoms with Crippen LogP contribution >= 0.6 is 0 Å². The Hall–Kier alpha value is -1.01. The van der Waals surface area contributed by atoms with Crippen molar-refractivity contribution in [2.24, 2.45) is 0 Å². The zero-order chi connectivity index (χ0) is 14.5. The quantitative estimate of drug-likeness (QED) is 0.555. The summed E-state index contributed by atoms with van der Waals surface area (Å²) in [5, 5.41) is 1.07. The summed E-state index contributed by atoms with van der Waals surface area (Å²) in [6, 6.07) is 10.2. The van der Waals surface area contributed by atoms with Gasteiger partial charge in [0.25, 0.3) is 0 Å². The van der Waals surface area contributed by atoms with Crippen molar-refractivity contribution in [1.82, 2.24) is 0 Å². The Balaban J connectivity index is 2.68. The van der Waals surface area contributed by atoms with Gasteiger partial charge >= 0.3 is 0 Å². The average Bonchev–Trinajstić information content (AvgIpc) is 2.26. The summed E-state index contributed by atoms with van der Waals surface area (Å²) in [5.41, 5.74) is 1.18. The molecule has 0 fully saturated rings. The van der Waals surface area contributed by atoms with Crippen LogP contribution in [0, 0.1) is 0 Å². The molecule has 1 aromatic carbocycles. The van der Waals surface area contributed by atoms with Crippen molar-refractivity contribution in [3.63, 3.8) is 0 Å². The first-order valence-corrected chi connectivity index (χ1v) is 13.6. The van der Waals surface area contributed by atoms with Crippen LogP contribution in [0.4, 0.5) is 0 Å². The molecular formula is C15H26O2Si2. The van der Waals surface area contributed by atoms with Crippen molar-refractivity contribution < 1.29 is 9.16 Å². The molecule has 0 aliphatic carbocycles. The van der Waals surface area contributed by atoms with Gasteiger partial charge in [-0.25, -0.2) is 0 Å². The van der Waals surface area contributed by atoms with Crippen LogP contribution in [0.5, 0.6) is 0 Å². The predicted molar refractivity (Wildman–Crippen MR) is 87.1 cm³/mol. The molecule has 0 saturated carbocycles. The Morgan fingerprint density at radius 1 is 1.00 bits per heavy atom. The number of rotatable bonds is 6. The molecule has 0 atom stereocenters. The minimum Gasteiger partial charge on any atom is -0.548 e. The summed E-state index contributed by atoms with van der Waals surface area (Å²) in [6.07, 6.45) is 1.84. The molecule has 0 amide bonds. The second-order valence-corrected chi connectivity index (χ2v) is 16.2. The maximum atomic E-state index is 6.18. The Morgan fingerprint density at radius 2 is 1.58 bits per heavy atom. The third-order valence-corrected chi connectivity index (χ3v) is 5.17. The molecule has 1 rings (SSSR count). The van der Waals surface area contributed by atoms with Crippen molar-refractivity contribution >= 4 is 16.4 Å². The van der Waals surface area contributed by atoms with E-state index in [2.05, 4.69) is 51.4 Å². The third kappa shape index (κ3) is 6.64. The summed E-state index contributed by atoms with van der Waals surface area (Å²) in [7, 11) is -3.06. The lowest BCUT2D eigenvalue weighted by atomic mass is 10.2. The number of hydrogen-bond acceptors (Lipinski definition) is 2. The molecule has 0 N–H and O–H groups in total. The van der Waals surface area contributed by atoms with Gasteiger partial charge in [0.2, 0.25) is 8.32 Å². The fourth-order valence-corrected chi connectivity index (χ4v) is 4.76. The van der Waals surface area contributed by atoms with E-state index in [1.54, 1.807) is 0 Å². The molecule has 0 heterocycles. The molecule has 0 aliphatic rings. The highest BCUT2D eigenvalue weighted by atomic mass is 28.4. The fourth-order valence-electron chi connectivity index (χ4n) is 1.47. The van der Waals surface area contributed by atoms with Crippen molar-refractivity contribution in [2.75, 3.05) is 0 Å². The van der Waals surface area contributed by atoms with Gasteiger partial charge in [0.15, 0.2) is 0 Å². The van der Waals surface area contributed by atoms with Crippen molar-refractivity contribution in [3.8, 4) is 0 Å². The summed E-state index contributed by atoms with van der Waals surface area (Å²) < 4.78 is 11.9.